The Kier molecular flexibility index (Phi) is 4.76. The third kappa shape index (κ3) is 3.22. The van der Waals surface area contributed by atoms with Crippen LogP contribution in [0.15, 0.2) is 10.9 Å². The van der Waals surface area contributed by atoms with Gasteiger partial charge in [-0.25, -0.2) is 0 Å². The van der Waals surface area contributed by atoms with Crippen LogP contribution in [-0.4, -0.2) is 23.8 Å². The molecule has 0 spiro atoms. The van der Waals surface area contributed by atoms with Crippen LogP contribution in [0.2, 0.25) is 0 Å². The molecule has 3 rings (SSSR count). The van der Waals surface area contributed by atoms with Gasteiger partial charge in [0.2, 0.25) is 0 Å². The van der Waals surface area contributed by atoms with Gasteiger partial charge in [-0.2, -0.15) is 0 Å². The first-order valence-electron chi connectivity index (χ1n) is 8.36. The fourth-order valence-corrected chi connectivity index (χ4v) is 3.52. The Balaban J connectivity index is 1.95. The van der Waals surface area contributed by atoms with Gasteiger partial charge in [0.15, 0.2) is 0 Å². The first-order chi connectivity index (χ1) is 10.3. The van der Waals surface area contributed by atoms with Crippen LogP contribution in [0.4, 0.5) is 0 Å². The quantitative estimate of drug-likeness (QED) is 0.902. The van der Waals surface area contributed by atoms with Crippen molar-refractivity contribution < 1.29 is 4.74 Å². The van der Waals surface area contributed by atoms with Gasteiger partial charge < -0.3 is 14.6 Å². The number of ether oxygens (including phenoxy) is 1. The van der Waals surface area contributed by atoms with Crippen molar-refractivity contribution in [1.82, 2.24) is 9.88 Å². The predicted molar refractivity (Wildman–Crippen MR) is 83.7 cm³/mol. The van der Waals surface area contributed by atoms with Gasteiger partial charge in [-0.15, -0.1) is 0 Å². The first kappa shape index (κ1) is 14.8. The molecule has 116 valence electrons. The fraction of sp³-hybridized carbons (Fsp3) is 0.706. The van der Waals surface area contributed by atoms with Gasteiger partial charge in [-0.1, -0.05) is 6.92 Å². The normalized spacial score (nSPS) is 21.5. The average Bonchev–Trinajstić information content (AvgIpc) is 3.01. The number of pyridine rings is 1. The molecule has 1 unspecified atom stereocenters. The van der Waals surface area contributed by atoms with Crippen molar-refractivity contribution in [2.45, 2.75) is 64.6 Å². The van der Waals surface area contributed by atoms with Crippen LogP contribution in [0.25, 0.3) is 0 Å². The summed E-state index contributed by atoms with van der Waals surface area (Å²) < 4.78 is 7.77. The highest BCUT2D eigenvalue weighted by Crippen LogP contribution is 2.22. The smallest absolute Gasteiger partial charge is 0.255 e. The van der Waals surface area contributed by atoms with Gasteiger partial charge in [0, 0.05) is 24.4 Å². The van der Waals surface area contributed by atoms with Crippen molar-refractivity contribution >= 4 is 0 Å². The number of aryl methyl sites for hydroxylation is 1. The molecule has 1 saturated heterocycles. The van der Waals surface area contributed by atoms with Gasteiger partial charge in [0.25, 0.3) is 5.56 Å². The molecule has 1 aromatic rings. The van der Waals surface area contributed by atoms with E-state index < -0.39 is 0 Å². The van der Waals surface area contributed by atoms with Crippen LogP contribution in [0, 0.1) is 0 Å². The number of rotatable bonds is 5. The molecular formula is C17H26N2O2. The van der Waals surface area contributed by atoms with Crippen molar-refractivity contribution in [2.24, 2.45) is 0 Å². The lowest BCUT2D eigenvalue weighted by molar-refractivity contribution is 0.0951. The third-order valence-electron chi connectivity index (χ3n) is 4.65. The lowest BCUT2D eigenvalue weighted by Gasteiger charge is -2.24. The molecule has 1 aromatic heterocycles. The maximum absolute atomic E-state index is 12.8. The van der Waals surface area contributed by atoms with Crippen molar-refractivity contribution in [3.63, 3.8) is 0 Å². The summed E-state index contributed by atoms with van der Waals surface area (Å²) in [6, 6.07) is 2.14. The molecule has 2 aliphatic rings. The summed E-state index contributed by atoms with van der Waals surface area (Å²) in [6.45, 7) is 5.22. The number of hydrogen-bond acceptors (Lipinski definition) is 3. The van der Waals surface area contributed by atoms with E-state index in [-0.39, 0.29) is 11.7 Å². The van der Waals surface area contributed by atoms with Gasteiger partial charge in [-0.3, -0.25) is 4.79 Å². The van der Waals surface area contributed by atoms with E-state index in [2.05, 4.69) is 18.3 Å². The van der Waals surface area contributed by atoms with Crippen LogP contribution in [0.3, 0.4) is 0 Å². The molecule has 2 heterocycles. The minimum atomic E-state index is 0.187. The van der Waals surface area contributed by atoms with Crippen molar-refractivity contribution in [1.29, 1.82) is 0 Å². The summed E-state index contributed by atoms with van der Waals surface area (Å²) in [4.78, 5) is 12.8. The Morgan fingerprint density at radius 3 is 2.95 bits per heavy atom. The number of aromatic nitrogens is 1. The van der Waals surface area contributed by atoms with Crippen LogP contribution >= 0.6 is 0 Å². The molecule has 0 bridgehead atoms. The molecule has 0 aromatic carbocycles. The monoisotopic (exact) mass is 290 g/mol. The number of fused-ring (bicyclic) bond motifs is 1. The SMILES string of the molecule is CCNCc1cc2c(n(CC3CCCO3)c1=O)CCCC2. The van der Waals surface area contributed by atoms with Crippen molar-refractivity contribution in [2.75, 3.05) is 13.2 Å². The van der Waals surface area contributed by atoms with E-state index in [9.17, 15) is 4.79 Å². The van der Waals surface area contributed by atoms with Crippen LogP contribution < -0.4 is 10.9 Å². The van der Waals surface area contributed by atoms with Crippen LogP contribution in [0.5, 0.6) is 0 Å². The Hall–Kier alpha value is -1.13. The lowest BCUT2D eigenvalue weighted by Crippen LogP contribution is -2.34. The Bertz CT molecular complexity index is 544. The van der Waals surface area contributed by atoms with E-state index in [4.69, 9.17) is 4.74 Å². The van der Waals surface area contributed by atoms with E-state index in [0.29, 0.717) is 6.54 Å². The topological polar surface area (TPSA) is 43.3 Å². The van der Waals surface area contributed by atoms with E-state index in [1.54, 1.807) is 0 Å². The second-order valence-corrected chi connectivity index (χ2v) is 6.18. The summed E-state index contributed by atoms with van der Waals surface area (Å²) in [5.74, 6) is 0. The molecule has 1 atom stereocenters. The summed E-state index contributed by atoms with van der Waals surface area (Å²) in [5.41, 5.74) is 3.75. The molecule has 1 aliphatic heterocycles. The molecule has 1 aliphatic carbocycles. The standard InChI is InChI=1S/C17H26N2O2/c1-2-18-11-14-10-13-6-3-4-8-16(13)19(17(14)20)12-15-7-5-9-21-15/h10,15,18H,2-9,11-12H2,1H3. The zero-order chi connectivity index (χ0) is 14.7. The molecule has 21 heavy (non-hydrogen) atoms. The summed E-state index contributed by atoms with van der Waals surface area (Å²) in [5, 5.41) is 3.29. The van der Waals surface area contributed by atoms with Gasteiger partial charge >= 0.3 is 0 Å². The Morgan fingerprint density at radius 1 is 1.33 bits per heavy atom. The highest BCUT2D eigenvalue weighted by atomic mass is 16.5. The molecule has 0 saturated carbocycles. The van der Waals surface area contributed by atoms with E-state index in [1.807, 2.05) is 4.57 Å². The molecule has 1 N–H and O–H groups in total. The largest absolute Gasteiger partial charge is 0.376 e. The van der Waals surface area contributed by atoms with Gasteiger partial charge in [0.1, 0.15) is 0 Å². The molecule has 0 radical (unpaired) electrons. The molecule has 4 heteroatoms. The highest BCUT2D eigenvalue weighted by Gasteiger charge is 2.22. The second kappa shape index (κ2) is 6.75. The predicted octanol–water partition coefficient (Wildman–Crippen LogP) is 2.02. The third-order valence-corrected chi connectivity index (χ3v) is 4.65. The van der Waals surface area contributed by atoms with E-state index in [1.165, 1.54) is 24.1 Å². The summed E-state index contributed by atoms with van der Waals surface area (Å²) >= 11 is 0. The molecule has 4 nitrogen and oxygen atoms in total. The fourth-order valence-electron chi connectivity index (χ4n) is 3.52. The maximum Gasteiger partial charge on any atom is 0.255 e. The first-order valence-corrected chi connectivity index (χ1v) is 8.36. The highest BCUT2D eigenvalue weighted by molar-refractivity contribution is 5.29. The van der Waals surface area contributed by atoms with Crippen LogP contribution in [0.1, 0.15) is 49.4 Å². The van der Waals surface area contributed by atoms with Crippen LogP contribution in [-0.2, 0) is 30.7 Å². The zero-order valence-electron chi connectivity index (χ0n) is 13.0. The summed E-state index contributed by atoms with van der Waals surface area (Å²) in [7, 11) is 0. The second-order valence-electron chi connectivity index (χ2n) is 6.18. The Labute approximate surface area is 126 Å². The minimum Gasteiger partial charge on any atom is -0.376 e. The molecular weight excluding hydrogens is 264 g/mol. The lowest BCUT2D eigenvalue weighted by atomic mass is 9.94. The molecule has 1 fully saturated rings. The van der Waals surface area contributed by atoms with E-state index in [0.717, 1.165) is 50.9 Å². The number of hydrogen-bond donors (Lipinski definition) is 1. The van der Waals surface area contributed by atoms with Crippen molar-refractivity contribution in [3.8, 4) is 0 Å². The maximum atomic E-state index is 12.8. The summed E-state index contributed by atoms with van der Waals surface area (Å²) in [6.07, 6.45) is 7.02. The van der Waals surface area contributed by atoms with Gasteiger partial charge in [0.05, 0.1) is 12.6 Å². The number of nitrogens with zero attached hydrogens (tertiary/aromatic N) is 1. The zero-order valence-corrected chi connectivity index (χ0v) is 13.0. The minimum absolute atomic E-state index is 0.187. The molecule has 0 amide bonds. The van der Waals surface area contributed by atoms with Crippen molar-refractivity contribution in [3.05, 3.63) is 33.2 Å². The van der Waals surface area contributed by atoms with E-state index >= 15 is 0 Å². The average molecular weight is 290 g/mol. The van der Waals surface area contributed by atoms with Gasteiger partial charge in [-0.05, 0) is 56.7 Å². The number of nitrogens with one attached hydrogen (secondary N) is 1. The Morgan fingerprint density at radius 2 is 2.19 bits per heavy atom.